The Morgan fingerprint density at radius 3 is 2.46 bits per heavy atom. The molecular formula is C22H19N3O. The van der Waals surface area contributed by atoms with Crippen molar-refractivity contribution in [3.8, 4) is 11.4 Å². The molecule has 4 heteroatoms. The van der Waals surface area contributed by atoms with Crippen LogP contribution in [0, 0.1) is 13.8 Å². The third-order valence-electron chi connectivity index (χ3n) is 4.52. The average Bonchev–Trinajstić information content (AvgIpc) is 2.96. The first-order valence-corrected chi connectivity index (χ1v) is 8.51. The van der Waals surface area contributed by atoms with E-state index in [4.69, 9.17) is 0 Å². The van der Waals surface area contributed by atoms with Crippen molar-refractivity contribution in [2.24, 2.45) is 4.99 Å². The normalized spacial score (nSPS) is 11.5. The van der Waals surface area contributed by atoms with Crippen LogP contribution in [0.4, 0.5) is 5.69 Å². The molecule has 0 amide bonds. The van der Waals surface area contributed by atoms with E-state index in [-0.39, 0.29) is 5.75 Å². The summed E-state index contributed by atoms with van der Waals surface area (Å²) in [5.74, 6) is 0.221. The first-order chi connectivity index (χ1) is 12.6. The molecule has 0 saturated heterocycles. The maximum atomic E-state index is 10.3. The van der Waals surface area contributed by atoms with E-state index in [1.54, 1.807) is 12.3 Å². The third-order valence-corrected chi connectivity index (χ3v) is 4.52. The number of aryl methyl sites for hydroxylation is 1. The summed E-state index contributed by atoms with van der Waals surface area (Å²) in [6, 6.07) is 21.6. The summed E-state index contributed by atoms with van der Waals surface area (Å²) in [6.07, 6.45) is 1.73. The minimum Gasteiger partial charge on any atom is -0.507 e. The van der Waals surface area contributed by atoms with E-state index in [9.17, 15) is 5.11 Å². The fourth-order valence-electron chi connectivity index (χ4n) is 3.19. The predicted octanol–water partition coefficient (Wildman–Crippen LogP) is 5.10. The molecule has 26 heavy (non-hydrogen) atoms. The van der Waals surface area contributed by atoms with Gasteiger partial charge in [-0.15, -0.1) is 0 Å². The molecule has 0 aliphatic heterocycles. The number of phenolic OH excluding ortho intramolecular Hbond substituents is 1. The highest BCUT2D eigenvalue weighted by molar-refractivity contribution is 6.03. The van der Waals surface area contributed by atoms with Crippen LogP contribution in [0.2, 0.25) is 0 Å². The zero-order valence-corrected chi connectivity index (χ0v) is 14.7. The van der Waals surface area contributed by atoms with Crippen molar-refractivity contribution in [1.29, 1.82) is 0 Å². The van der Waals surface area contributed by atoms with Gasteiger partial charge in [-0.1, -0.05) is 48.5 Å². The zero-order chi connectivity index (χ0) is 18.1. The summed E-state index contributed by atoms with van der Waals surface area (Å²) in [7, 11) is 0. The monoisotopic (exact) mass is 341 g/mol. The Hall–Kier alpha value is -3.40. The van der Waals surface area contributed by atoms with E-state index in [1.807, 2.05) is 79.2 Å². The molecule has 0 bridgehead atoms. The Morgan fingerprint density at radius 2 is 1.65 bits per heavy atom. The number of para-hydroxylation sites is 1. The van der Waals surface area contributed by atoms with Crippen molar-refractivity contribution >= 4 is 22.7 Å². The highest BCUT2D eigenvalue weighted by atomic mass is 16.3. The molecule has 4 aromatic rings. The lowest BCUT2D eigenvalue weighted by atomic mass is 10.0. The number of aromatic nitrogens is 2. The van der Waals surface area contributed by atoms with Crippen LogP contribution in [-0.2, 0) is 0 Å². The SMILES string of the molecule is Cc1nn(-c2ccccc2)c(C)c1/N=C/c1c(O)ccc2ccccc12. The average molecular weight is 341 g/mol. The first kappa shape index (κ1) is 16.1. The second-order valence-electron chi connectivity index (χ2n) is 6.24. The number of rotatable bonds is 3. The third kappa shape index (κ3) is 2.75. The Morgan fingerprint density at radius 1 is 0.923 bits per heavy atom. The molecule has 1 N–H and O–H groups in total. The molecule has 0 atom stereocenters. The summed E-state index contributed by atoms with van der Waals surface area (Å²) in [6.45, 7) is 3.95. The smallest absolute Gasteiger partial charge is 0.124 e. The van der Waals surface area contributed by atoms with Gasteiger partial charge in [0.05, 0.1) is 17.1 Å². The van der Waals surface area contributed by atoms with Crippen LogP contribution in [0.5, 0.6) is 5.75 Å². The zero-order valence-electron chi connectivity index (χ0n) is 14.7. The van der Waals surface area contributed by atoms with Gasteiger partial charge in [-0.2, -0.15) is 5.10 Å². The molecule has 0 aliphatic rings. The molecule has 0 spiro atoms. The van der Waals surface area contributed by atoms with Gasteiger partial charge in [0, 0.05) is 11.8 Å². The summed E-state index contributed by atoms with van der Waals surface area (Å²) in [5.41, 5.74) is 4.35. The summed E-state index contributed by atoms with van der Waals surface area (Å²) >= 11 is 0. The number of fused-ring (bicyclic) bond motifs is 1. The Bertz CT molecular complexity index is 1110. The molecule has 0 fully saturated rings. The number of hydrogen-bond donors (Lipinski definition) is 1. The van der Waals surface area contributed by atoms with Gasteiger partial charge in [-0.3, -0.25) is 4.99 Å². The topological polar surface area (TPSA) is 50.4 Å². The molecule has 0 aliphatic carbocycles. The second-order valence-corrected chi connectivity index (χ2v) is 6.24. The molecule has 128 valence electrons. The van der Waals surface area contributed by atoms with Crippen LogP contribution in [0.15, 0.2) is 71.7 Å². The van der Waals surface area contributed by atoms with E-state index in [2.05, 4.69) is 10.1 Å². The van der Waals surface area contributed by atoms with Crippen LogP contribution in [0.25, 0.3) is 16.5 Å². The minimum absolute atomic E-state index is 0.221. The Balaban J connectivity index is 1.80. The van der Waals surface area contributed by atoms with Crippen molar-refractivity contribution in [1.82, 2.24) is 9.78 Å². The molecule has 3 aromatic carbocycles. The van der Waals surface area contributed by atoms with Gasteiger partial charge in [0.2, 0.25) is 0 Å². The van der Waals surface area contributed by atoms with E-state index >= 15 is 0 Å². The molecular weight excluding hydrogens is 322 g/mol. The highest BCUT2D eigenvalue weighted by Crippen LogP contribution is 2.29. The molecule has 0 radical (unpaired) electrons. The quantitative estimate of drug-likeness (QED) is 0.527. The number of hydrogen-bond acceptors (Lipinski definition) is 3. The largest absolute Gasteiger partial charge is 0.507 e. The molecule has 1 aromatic heterocycles. The lowest BCUT2D eigenvalue weighted by Gasteiger charge is -2.05. The van der Waals surface area contributed by atoms with E-state index in [1.165, 1.54) is 0 Å². The number of nitrogens with zero attached hydrogens (tertiary/aromatic N) is 3. The van der Waals surface area contributed by atoms with Gasteiger partial charge in [-0.05, 0) is 42.8 Å². The van der Waals surface area contributed by atoms with Crippen molar-refractivity contribution in [2.45, 2.75) is 13.8 Å². The second kappa shape index (κ2) is 6.48. The standard InChI is InChI=1S/C22H19N3O/c1-15-22(16(2)25(24-15)18-9-4-3-5-10-18)23-14-20-19-11-7-6-8-17(19)12-13-21(20)26/h3-14,26H,1-2H3/b23-14+. The fraction of sp³-hybridized carbons (Fsp3) is 0.0909. The fourth-order valence-corrected chi connectivity index (χ4v) is 3.19. The van der Waals surface area contributed by atoms with E-state index < -0.39 is 0 Å². The van der Waals surface area contributed by atoms with Crippen molar-refractivity contribution < 1.29 is 5.11 Å². The lowest BCUT2D eigenvalue weighted by Crippen LogP contribution is -1.98. The number of benzene rings is 3. The molecule has 4 nitrogen and oxygen atoms in total. The van der Waals surface area contributed by atoms with Crippen molar-refractivity contribution in [3.05, 3.63) is 83.7 Å². The maximum absolute atomic E-state index is 10.3. The number of aromatic hydroxyl groups is 1. The van der Waals surface area contributed by atoms with Gasteiger partial charge >= 0.3 is 0 Å². The van der Waals surface area contributed by atoms with Crippen LogP contribution in [-0.4, -0.2) is 21.1 Å². The van der Waals surface area contributed by atoms with Crippen LogP contribution < -0.4 is 0 Å². The van der Waals surface area contributed by atoms with Gasteiger partial charge in [-0.25, -0.2) is 4.68 Å². The van der Waals surface area contributed by atoms with Crippen molar-refractivity contribution in [3.63, 3.8) is 0 Å². The number of aliphatic imine (C=N–C) groups is 1. The van der Waals surface area contributed by atoms with Gasteiger partial charge in [0.1, 0.15) is 11.4 Å². The molecule has 0 saturated carbocycles. The molecule has 1 heterocycles. The highest BCUT2D eigenvalue weighted by Gasteiger charge is 2.12. The van der Waals surface area contributed by atoms with Gasteiger partial charge < -0.3 is 5.11 Å². The predicted molar refractivity (Wildman–Crippen MR) is 106 cm³/mol. The molecule has 4 rings (SSSR count). The van der Waals surface area contributed by atoms with Crippen LogP contribution >= 0.6 is 0 Å². The summed E-state index contributed by atoms with van der Waals surface area (Å²) in [4.78, 5) is 4.66. The maximum Gasteiger partial charge on any atom is 0.124 e. The van der Waals surface area contributed by atoms with Gasteiger partial charge in [0.15, 0.2) is 0 Å². The summed E-state index contributed by atoms with van der Waals surface area (Å²) < 4.78 is 1.89. The van der Waals surface area contributed by atoms with Gasteiger partial charge in [0.25, 0.3) is 0 Å². The molecule has 0 unspecified atom stereocenters. The van der Waals surface area contributed by atoms with E-state index in [0.717, 1.165) is 39.1 Å². The Kier molecular flexibility index (Phi) is 4.01. The van der Waals surface area contributed by atoms with E-state index in [0.29, 0.717) is 0 Å². The first-order valence-electron chi connectivity index (χ1n) is 8.51. The van der Waals surface area contributed by atoms with Crippen LogP contribution in [0.1, 0.15) is 17.0 Å². The summed E-state index contributed by atoms with van der Waals surface area (Å²) in [5, 5.41) is 17.0. The number of phenols is 1. The minimum atomic E-state index is 0.221. The van der Waals surface area contributed by atoms with Crippen LogP contribution in [0.3, 0.4) is 0 Å². The van der Waals surface area contributed by atoms with Crippen molar-refractivity contribution in [2.75, 3.05) is 0 Å². The Labute approximate surface area is 152 Å². The lowest BCUT2D eigenvalue weighted by molar-refractivity contribution is 0.475.